The van der Waals surface area contributed by atoms with Crippen LogP contribution in [0.25, 0.3) is 16.7 Å². The number of halogens is 2. The first-order chi connectivity index (χ1) is 10.1. The van der Waals surface area contributed by atoms with Crippen molar-refractivity contribution in [2.45, 2.75) is 12.8 Å². The van der Waals surface area contributed by atoms with Gasteiger partial charge < -0.3 is 4.74 Å². The van der Waals surface area contributed by atoms with Crippen LogP contribution in [0.1, 0.15) is 11.4 Å². The third-order valence-electron chi connectivity index (χ3n) is 3.45. The highest BCUT2D eigenvalue weighted by molar-refractivity contribution is 9.10. The summed E-state index contributed by atoms with van der Waals surface area (Å²) >= 11 is 9.58. The van der Waals surface area contributed by atoms with Crippen molar-refractivity contribution in [3.05, 3.63) is 52.3 Å². The number of rotatable bonds is 3. The van der Waals surface area contributed by atoms with E-state index in [1.165, 1.54) is 0 Å². The van der Waals surface area contributed by atoms with E-state index in [4.69, 9.17) is 16.3 Å². The van der Waals surface area contributed by atoms with Crippen molar-refractivity contribution in [3.63, 3.8) is 0 Å². The quantitative estimate of drug-likeness (QED) is 0.621. The number of hydrogen-bond acceptors (Lipinski definition) is 2. The van der Waals surface area contributed by atoms with Gasteiger partial charge in [-0.15, -0.1) is 11.6 Å². The topological polar surface area (TPSA) is 27.1 Å². The molecule has 3 nitrogen and oxygen atoms in total. The molecule has 1 aromatic heterocycles. The van der Waals surface area contributed by atoms with Crippen LogP contribution in [-0.2, 0) is 5.88 Å². The van der Waals surface area contributed by atoms with Crippen LogP contribution >= 0.6 is 27.5 Å². The van der Waals surface area contributed by atoms with Crippen molar-refractivity contribution >= 4 is 38.6 Å². The minimum absolute atomic E-state index is 0.354. The predicted octanol–water partition coefficient (Wildman–Crippen LogP) is 4.84. The highest BCUT2D eigenvalue weighted by atomic mass is 79.9. The third-order valence-corrected chi connectivity index (χ3v) is 4.18. The first-order valence-corrected chi connectivity index (χ1v) is 7.84. The zero-order chi connectivity index (χ0) is 15.0. The highest BCUT2D eigenvalue weighted by Crippen LogP contribution is 2.28. The van der Waals surface area contributed by atoms with Crippen LogP contribution in [-0.4, -0.2) is 16.7 Å². The molecule has 5 heteroatoms. The van der Waals surface area contributed by atoms with E-state index in [0.717, 1.165) is 38.3 Å². The molecule has 2 aromatic carbocycles. The summed E-state index contributed by atoms with van der Waals surface area (Å²) in [5.74, 6) is 1.97. The normalized spacial score (nSPS) is 11.0. The van der Waals surface area contributed by atoms with Gasteiger partial charge in [-0.25, -0.2) is 4.98 Å². The standard InChI is InChI=1S/C16H14BrClN2O/c1-10-7-11(17)3-5-14(10)20-15-6-4-12(21-2)8-13(15)19-16(20)9-18/h3-8H,9H2,1-2H3. The van der Waals surface area contributed by atoms with Gasteiger partial charge in [0, 0.05) is 10.5 Å². The van der Waals surface area contributed by atoms with Gasteiger partial charge in [-0.2, -0.15) is 0 Å². The number of aryl methyl sites for hydroxylation is 1. The highest BCUT2D eigenvalue weighted by Gasteiger charge is 2.14. The van der Waals surface area contributed by atoms with Crippen molar-refractivity contribution in [3.8, 4) is 11.4 Å². The molecule has 0 atom stereocenters. The second kappa shape index (κ2) is 5.70. The minimum atomic E-state index is 0.354. The van der Waals surface area contributed by atoms with E-state index >= 15 is 0 Å². The summed E-state index contributed by atoms with van der Waals surface area (Å²) in [5.41, 5.74) is 4.15. The average molecular weight is 366 g/mol. The van der Waals surface area contributed by atoms with Crippen molar-refractivity contribution in [2.24, 2.45) is 0 Å². The van der Waals surface area contributed by atoms with E-state index < -0.39 is 0 Å². The molecule has 3 rings (SSSR count). The molecule has 0 saturated heterocycles. The Kier molecular flexibility index (Phi) is 3.91. The summed E-state index contributed by atoms with van der Waals surface area (Å²) in [6, 6.07) is 12.1. The lowest BCUT2D eigenvalue weighted by Gasteiger charge is -2.11. The van der Waals surface area contributed by atoms with Gasteiger partial charge in [-0.1, -0.05) is 15.9 Å². The molecule has 108 valence electrons. The van der Waals surface area contributed by atoms with Crippen LogP contribution in [0.2, 0.25) is 0 Å². The van der Waals surface area contributed by atoms with E-state index in [2.05, 4.69) is 44.5 Å². The molecular formula is C16H14BrClN2O. The Bertz CT molecular complexity index is 813. The number of benzene rings is 2. The molecule has 0 aliphatic heterocycles. The van der Waals surface area contributed by atoms with Gasteiger partial charge in [0.05, 0.1) is 29.7 Å². The Hall–Kier alpha value is -1.52. The van der Waals surface area contributed by atoms with Gasteiger partial charge in [0.15, 0.2) is 0 Å². The third kappa shape index (κ3) is 2.54. The van der Waals surface area contributed by atoms with E-state index in [-0.39, 0.29) is 0 Å². The number of nitrogens with zero attached hydrogens (tertiary/aromatic N) is 2. The molecular weight excluding hydrogens is 352 g/mol. The number of alkyl halides is 1. The number of hydrogen-bond donors (Lipinski definition) is 0. The van der Waals surface area contributed by atoms with Gasteiger partial charge >= 0.3 is 0 Å². The average Bonchev–Trinajstić information content (AvgIpc) is 2.84. The van der Waals surface area contributed by atoms with Crippen molar-refractivity contribution in [2.75, 3.05) is 7.11 Å². The summed E-state index contributed by atoms with van der Waals surface area (Å²) in [6.07, 6.45) is 0. The molecule has 0 aliphatic carbocycles. The van der Waals surface area contributed by atoms with Gasteiger partial charge in [0.25, 0.3) is 0 Å². The van der Waals surface area contributed by atoms with Crippen LogP contribution in [0.5, 0.6) is 5.75 Å². The zero-order valence-electron chi connectivity index (χ0n) is 11.7. The summed E-state index contributed by atoms with van der Waals surface area (Å²) in [4.78, 5) is 4.62. The van der Waals surface area contributed by atoms with E-state index in [0.29, 0.717) is 5.88 Å². The lowest BCUT2D eigenvalue weighted by molar-refractivity contribution is 0.415. The van der Waals surface area contributed by atoms with Crippen LogP contribution in [0.4, 0.5) is 0 Å². The van der Waals surface area contributed by atoms with E-state index in [1.807, 2.05) is 24.3 Å². The van der Waals surface area contributed by atoms with Gasteiger partial charge in [0.2, 0.25) is 0 Å². The fourth-order valence-electron chi connectivity index (χ4n) is 2.47. The second-order valence-corrected chi connectivity index (χ2v) is 5.97. The van der Waals surface area contributed by atoms with Gasteiger partial charge in [-0.05, 0) is 42.8 Å². The number of methoxy groups -OCH3 is 1. The van der Waals surface area contributed by atoms with Crippen molar-refractivity contribution in [1.29, 1.82) is 0 Å². The molecule has 0 bridgehead atoms. The van der Waals surface area contributed by atoms with Crippen LogP contribution in [0.15, 0.2) is 40.9 Å². The maximum absolute atomic E-state index is 6.09. The molecule has 0 fully saturated rings. The number of ether oxygens (including phenoxy) is 1. The molecule has 0 amide bonds. The summed E-state index contributed by atoms with van der Waals surface area (Å²) in [5, 5.41) is 0. The predicted molar refractivity (Wildman–Crippen MR) is 89.6 cm³/mol. The Labute approximate surface area is 136 Å². The fraction of sp³-hybridized carbons (Fsp3) is 0.188. The molecule has 0 radical (unpaired) electrons. The summed E-state index contributed by atoms with van der Waals surface area (Å²) in [6.45, 7) is 2.08. The van der Waals surface area contributed by atoms with E-state index in [9.17, 15) is 0 Å². The van der Waals surface area contributed by atoms with Crippen molar-refractivity contribution < 1.29 is 4.74 Å². The first kappa shape index (κ1) is 14.4. The second-order valence-electron chi connectivity index (χ2n) is 4.78. The summed E-state index contributed by atoms with van der Waals surface area (Å²) in [7, 11) is 1.65. The molecule has 21 heavy (non-hydrogen) atoms. The molecule has 3 aromatic rings. The van der Waals surface area contributed by atoms with Crippen LogP contribution in [0.3, 0.4) is 0 Å². The van der Waals surface area contributed by atoms with Gasteiger partial charge in [-0.3, -0.25) is 4.57 Å². The largest absolute Gasteiger partial charge is 0.497 e. The number of fused-ring (bicyclic) bond motifs is 1. The van der Waals surface area contributed by atoms with Crippen LogP contribution < -0.4 is 4.74 Å². The molecule has 1 heterocycles. The Morgan fingerprint density at radius 3 is 2.71 bits per heavy atom. The Morgan fingerprint density at radius 1 is 1.24 bits per heavy atom. The number of imidazole rings is 1. The molecule has 0 spiro atoms. The van der Waals surface area contributed by atoms with Gasteiger partial charge in [0.1, 0.15) is 11.6 Å². The van der Waals surface area contributed by atoms with Crippen molar-refractivity contribution in [1.82, 2.24) is 9.55 Å². The molecule has 0 saturated carbocycles. The minimum Gasteiger partial charge on any atom is -0.497 e. The molecule has 0 aliphatic rings. The lowest BCUT2D eigenvalue weighted by atomic mass is 10.2. The fourth-order valence-corrected chi connectivity index (χ4v) is 3.12. The monoisotopic (exact) mass is 364 g/mol. The van der Waals surface area contributed by atoms with E-state index in [1.54, 1.807) is 7.11 Å². The smallest absolute Gasteiger partial charge is 0.129 e. The maximum Gasteiger partial charge on any atom is 0.129 e. The first-order valence-electron chi connectivity index (χ1n) is 6.52. The lowest BCUT2D eigenvalue weighted by Crippen LogP contribution is -2.01. The molecule has 0 unspecified atom stereocenters. The number of aromatic nitrogens is 2. The molecule has 0 N–H and O–H groups in total. The Balaban J connectivity index is 2.29. The zero-order valence-corrected chi connectivity index (χ0v) is 14.1. The summed E-state index contributed by atoms with van der Waals surface area (Å²) < 4.78 is 8.42. The SMILES string of the molecule is COc1ccc2c(c1)nc(CCl)n2-c1ccc(Br)cc1C. The maximum atomic E-state index is 6.09. The van der Waals surface area contributed by atoms with Crippen LogP contribution in [0, 0.1) is 6.92 Å². The Morgan fingerprint density at radius 2 is 2.05 bits per heavy atom.